The van der Waals surface area contributed by atoms with Crippen LogP contribution >= 0.6 is 0 Å². The van der Waals surface area contributed by atoms with E-state index in [2.05, 4.69) is 47.9 Å². The van der Waals surface area contributed by atoms with Crippen LogP contribution in [-0.4, -0.2) is 34.2 Å². The third-order valence-corrected chi connectivity index (χ3v) is 4.83. The van der Waals surface area contributed by atoms with Crippen molar-refractivity contribution in [3.8, 4) is 11.3 Å². The zero-order valence-corrected chi connectivity index (χ0v) is 17.9. The van der Waals surface area contributed by atoms with Gasteiger partial charge < -0.3 is 14.7 Å². The molecule has 0 bridgehead atoms. The molecule has 5 heteroatoms. The standard InChI is InChI=1S/C14H11FN2.C8H15N.C2H4O/c1-9-6-11-7-13(17-14(11)16-8-9)10-2-4-12(15)5-3-10;1-4-5-8-6-7(2)9(8)3;1-2-3/h2-8H,1H3,(H,16,17);6,8H,4-5H2,1-3H3;2H,1H3. The van der Waals surface area contributed by atoms with E-state index >= 15 is 0 Å². The molecule has 3 aromatic rings. The molecule has 3 heterocycles. The highest BCUT2D eigenvalue weighted by Gasteiger charge is 2.19. The van der Waals surface area contributed by atoms with E-state index in [4.69, 9.17) is 4.79 Å². The van der Waals surface area contributed by atoms with Gasteiger partial charge in [0.1, 0.15) is 17.8 Å². The lowest BCUT2D eigenvalue weighted by Gasteiger charge is -2.37. The lowest BCUT2D eigenvalue weighted by atomic mass is 10.0. The van der Waals surface area contributed by atoms with Gasteiger partial charge in [-0.25, -0.2) is 9.37 Å². The molecule has 4 nitrogen and oxygen atoms in total. The van der Waals surface area contributed by atoms with Crippen molar-refractivity contribution in [3.63, 3.8) is 0 Å². The highest BCUT2D eigenvalue weighted by molar-refractivity contribution is 5.83. The molecule has 1 aliphatic rings. The Hall–Kier alpha value is -2.95. The minimum absolute atomic E-state index is 0.223. The summed E-state index contributed by atoms with van der Waals surface area (Å²) in [4.78, 5) is 18.7. The van der Waals surface area contributed by atoms with Gasteiger partial charge in [-0.05, 0) is 80.8 Å². The average Bonchev–Trinajstić information content (AvgIpc) is 3.12. The molecule has 2 aromatic heterocycles. The topological polar surface area (TPSA) is 49.0 Å². The summed E-state index contributed by atoms with van der Waals surface area (Å²) in [5, 5.41) is 1.07. The van der Waals surface area contributed by atoms with Crippen molar-refractivity contribution in [1.82, 2.24) is 14.9 Å². The number of nitrogens with zero attached hydrogens (tertiary/aromatic N) is 2. The minimum Gasteiger partial charge on any atom is -0.372 e. The zero-order chi connectivity index (χ0) is 21.4. The number of H-pyrrole nitrogens is 1. The van der Waals surface area contributed by atoms with Crippen molar-refractivity contribution in [2.24, 2.45) is 0 Å². The number of pyridine rings is 1. The maximum atomic E-state index is 12.8. The number of fused-ring (bicyclic) bond motifs is 1. The number of rotatable bonds is 3. The van der Waals surface area contributed by atoms with E-state index in [1.165, 1.54) is 37.6 Å². The molecule has 1 aliphatic heterocycles. The number of likely N-dealkylation sites (N-methyl/N-ethyl adjacent to an activating group) is 1. The number of allylic oxidation sites excluding steroid dienone is 1. The number of aryl methyl sites for hydroxylation is 1. The number of hydrogen-bond donors (Lipinski definition) is 1. The number of nitrogens with one attached hydrogen (secondary N) is 1. The second-order valence-corrected chi connectivity index (χ2v) is 7.15. The summed E-state index contributed by atoms with van der Waals surface area (Å²) in [6, 6.07) is 11.3. The summed E-state index contributed by atoms with van der Waals surface area (Å²) >= 11 is 0. The van der Waals surface area contributed by atoms with Crippen LogP contribution in [0.15, 0.2) is 54.4 Å². The normalized spacial score (nSPS) is 14.8. The fraction of sp³-hybridized carbons (Fsp3) is 0.333. The van der Waals surface area contributed by atoms with E-state index in [-0.39, 0.29) is 5.82 Å². The fourth-order valence-electron chi connectivity index (χ4n) is 3.17. The van der Waals surface area contributed by atoms with E-state index in [0.29, 0.717) is 0 Å². The minimum atomic E-state index is -0.223. The Balaban J connectivity index is 0.000000211. The number of aromatic nitrogens is 2. The Morgan fingerprint density at radius 3 is 2.41 bits per heavy atom. The number of carbonyl (C=O) groups is 1. The summed E-state index contributed by atoms with van der Waals surface area (Å²) in [5.74, 6) is -0.223. The second-order valence-electron chi connectivity index (χ2n) is 7.15. The van der Waals surface area contributed by atoms with Crippen LogP contribution < -0.4 is 0 Å². The van der Waals surface area contributed by atoms with Crippen LogP contribution in [0, 0.1) is 12.7 Å². The summed E-state index contributed by atoms with van der Waals surface area (Å²) in [7, 11) is 2.16. The summed E-state index contributed by atoms with van der Waals surface area (Å²) < 4.78 is 12.8. The van der Waals surface area contributed by atoms with Gasteiger partial charge in [0.25, 0.3) is 0 Å². The van der Waals surface area contributed by atoms with Gasteiger partial charge in [-0.1, -0.05) is 13.3 Å². The number of aldehydes is 1. The monoisotopic (exact) mass is 395 g/mol. The maximum Gasteiger partial charge on any atom is 0.137 e. The first kappa shape index (κ1) is 22.3. The van der Waals surface area contributed by atoms with Gasteiger partial charge in [0, 0.05) is 36.1 Å². The Kier molecular flexibility index (Phi) is 8.13. The number of halogens is 1. The average molecular weight is 396 g/mol. The highest BCUT2D eigenvalue weighted by Crippen LogP contribution is 2.24. The Labute approximate surface area is 172 Å². The van der Waals surface area contributed by atoms with Gasteiger partial charge in [-0.3, -0.25) is 0 Å². The zero-order valence-electron chi connectivity index (χ0n) is 17.9. The van der Waals surface area contributed by atoms with Crippen LogP contribution in [0.2, 0.25) is 0 Å². The molecule has 0 radical (unpaired) electrons. The number of carbonyl (C=O) groups excluding carboxylic acids is 1. The lowest BCUT2D eigenvalue weighted by Crippen LogP contribution is -2.36. The molecule has 1 N–H and O–H groups in total. The number of aromatic amines is 1. The molecule has 1 atom stereocenters. The van der Waals surface area contributed by atoms with Crippen LogP contribution in [0.3, 0.4) is 0 Å². The lowest BCUT2D eigenvalue weighted by molar-refractivity contribution is -0.106. The number of hydrogen-bond acceptors (Lipinski definition) is 3. The van der Waals surface area contributed by atoms with Gasteiger partial charge in [0.05, 0.1) is 0 Å². The number of benzene rings is 1. The SMILES string of the molecule is CC=O.CCCC1C=C(C)N1C.Cc1cnc2[nH]c(-c3ccc(F)cc3)cc2c1. The molecular formula is C24H30FN3O. The predicted molar refractivity (Wildman–Crippen MR) is 118 cm³/mol. The van der Waals surface area contributed by atoms with Crippen molar-refractivity contribution in [1.29, 1.82) is 0 Å². The summed E-state index contributed by atoms with van der Waals surface area (Å²) in [5.41, 5.74) is 5.32. The predicted octanol–water partition coefficient (Wildman–Crippen LogP) is 5.89. The van der Waals surface area contributed by atoms with Crippen molar-refractivity contribution >= 4 is 17.3 Å². The molecule has 1 aromatic carbocycles. The van der Waals surface area contributed by atoms with Crippen molar-refractivity contribution < 1.29 is 9.18 Å². The second kappa shape index (κ2) is 10.6. The molecule has 0 amide bonds. The van der Waals surface area contributed by atoms with Gasteiger partial charge >= 0.3 is 0 Å². The van der Waals surface area contributed by atoms with Crippen LogP contribution in [0.1, 0.15) is 39.2 Å². The first-order chi connectivity index (χ1) is 13.9. The molecular weight excluding hydrogens is 365 g/mol. The molecule has 0 saturated heterocycles. The third kappa shape index (κ3) is 6.01. The first-order valence-corrected chi connectivity index (χ1v) is 9.91. The van der Waals surface area contributed by atoms with Crippen LogP contribution in [-0.2, 0) is 4.79 Å². The van der Waals surface area contributed by atoms with Crippen molar-refractivity contribution in [3.05, 3.63) is 65.7 Å². The molecule has 1 unspecified atom stereocenters. The smallest absolute Gasteiger partial charge is 0.137 e. The molecule has 29 heavy (non-hydrogen) atoms. The van der Waals surface area contributed by atoms with Crippen LogP contribution in [0.4, 0.5) is 4.39 Å². The molecule has 0 aliphatic carbocycles. The molecule has 0 spiro atoms. The van der Waals surface area contributed by atoms with Gasteiger partial charge in [0.2, 0.25) is 0 Å². The molecule has 154 valence electrons. The fourth-order valence-corrected chi connectivity index (χ4v) is 3.17. The molecule has 0 saturated carbocycles. The quantitative estimate of drug-likeness (QED) is 0.563. The van der Waals surface area contributed by atoms with E-state index in [9.17, 15) is 4.39 Å². The van der Waals surface area contributed by atoms with E-state index in [1.807, 2.05) is 19.2 Å². The summed E-state index contributed by atoms with van der Waals surface area (Å²) in [6.07, 6.45) is 7.52. The first-order valence-electron chi connectivity index (χ1n) is 9.91. The highest BCUT2D eigenvalue weighted by atomic mass is 19.1. The Bertz CT molecular complexity index is 960. The molecule has 0 fully saturated rings. The third-order valence-electron chi connectivity index (χ3n) is 4.83. The summed E-state index contributed by atoms with van der Waals surface area (Å²) in [6.45, 7) is 7.85. The van der Waals surface area contributed by atoms with Crippen LogP contribution in [0.25, 0.3) is 22.3 Å². The van der Waals surface area contributed by atoms with Crippen molar-refractivity contribution in [2.75, 3.05) is 7.05 Å². The van der Waals surface area contributed by atoms with Gasteiger partial charge in [-0.15, -0.1) is 0 Å². The van der Waals surface area contributed by atoms with E-state index in [0.717, 1.165) is 40.2 Å². The van der Waals surface area contributed by atoms with Gasteiger partial charge in [0.15, 0.2) is 0 Å². The van der Waals surface area contributed by atoms with Crippen LogP contribution in [0.5, 0.6) is 0 Å². The molecule has 4 rings (SSSR count). The van der Waals surface area contributed by atoms with E-state index < -0.39 is 0 Å². The largest absolute Gasteiger partial charge is 0.372 e. The van der Waals surface area contributed by atoms with Gasteiger partial charge in [-0.2, -0.15) is 0 Å². The maximum absolute atomic E-state index is 12.8. The van der Waals surface area contributed by atoms with E-state index in [1.54, 1.807) is 12.1 Å². The van der Waals surface area contributed by atoms with Crippen molar-refractivity contribution in [2.45, 2.75) is 46.6 Å². The Morgan fingerprint density at radius 1 is 1.21 bits per heavy atom. The Morgan fingerprint density at radius 2 is 1.86 bits per heavy atom.